The van der Waals surface area contributed by atoms with E-state index in [0.29, 0.717) is 18.7 Å². The number of anilines is 1. The van der Waals surface area contributed by atoms with E-state index < -0.39 is 5.41 Å². The minimum atomic E-state index is -0.518. The van der Waals surface area contributed by atoms with Crippen LogP contribution in [-0.4, -0.2) is 60.6 Å². The lowest BCUT2D eigenvalue weighted by atomic mass is 9.63. The van der Waals surface area contributed by atoms with Crippen LogP contribution in [0.3, 0.4) is 0 Å². The summed E-state index contributed by atoms with van der Waals surface area (Å²) in [5.74, 6) is 0.301. The van der Waals surface area contributed by atoms with Crippen molar-refractivity contribution < 1.29 is 9.90 Å². The van der Waals surface area contributed by atoms with Crippen LogP contribution in [0.15, 0.2) is 54.0 Å². The third kappa shape index (κ3) is 4.26. The van der Waals surface area contributed by atoms with Crippen LogP contribution in [0.4, 0.5) is 10.7 Å². The summed E-state index contributed by atoms with van der Waals surface area (Å²) in [4.78, 5) is 26.5. The van der Waals surface area contributed by atoms with Crippen LogP contribution in [0.5, 0.6) is 0 Å². The van der Waals surface area contributed by atoms with Crippen molar-refractivity contribution in [3.63, 3.8) is 0 Å². The number of nitrogens with zero attached hydrogens (tertiary/aromatic N) is 6. The van der Waals surface area contributed by atoms with Crippen molar-refractivity contribution in [1.29, 1.82) is 5.41 Å². The zero-order valence-corrected chi connectivity index (χ0v) is 19.3. The summed E-state index contributed by atoms with van der Waals surface area (Å²) >= 11 is 0. The fourth-order valence-electron chi connectivity index (χ4n) is 4.13. The van der Waals surface area contributed by atoms with E-state index in [0.717, 1.165) is 36.0 Å². The van der Waals surface area contributed by atoms with Gasteiger partial charge in [0.2, 0.25) is 5.95 Å². The second-order valence-electron chi connectivity index (χ2n) is 8.28. The fourth-order valence-corrected chi connectivity index (χ4v) is 4.13. The maximum atomic E-state index is 12.5. The van der Waals surface area contributed by atoms with Crippen molar-refractivity contribution in [3.8, 4) is 11.1 Å². The Morgan fingerprint density at radius 1 is 1.15 bits per heavy atom. The van der Waals surface area contributed by atoms with Gasteiger partial charge in [-0.05, 0) is 37.8 Å². The van der Waals surface area contributed by atoms with E-state index in [-0.39, 0.29) is 23.7 Å². The molecule has 3 aromatic rings. The van der Waals surface area contributed by atoms with Gasteiger partial charge in [0.1, 0.15) is 11.4 Å². The summed E-state index contributed by atoms with van der Waals surface area (Å²) in [6.07, 6.45) is 8.89. The fraction of sp³-hybridized carbons (Fsp3) is 0.333. The van der Waals surface area contributed by atoms with Crippen molar-refractivity contribution in [2.45, 2.75) is 38.5 Å². The Kier molecular flexibility index (Phi) is 6.40. The third-order valence-corrected chi connectivity index (χ3v) is 6.41. The Labute approximate surface area is 197 Å². The third-order valence-electron chi connectivity index (χ3n) is 6.41. The van der Waals surface area contributed by atoms with Crippen LogP contribution in [0.25, 0.3) is 11.1 Å². The van der Waals surface area contributed by atoms with Crippen molar-refractivity contribution >= 4 is 23.7 Å². The normalized spacial score (nSPS) is 14.9. The number of nitrogen functional groups attached to an aromatic ring is 1. The van der Waals surface area contributed by atoms with E-state index in [2.05, 4.69) is 20.1 Å². The number of amidine groups is 1. The van der Waals surface area contributed by atoms with Crippen LogP contribution in [0.1, 0.15) is 44.2 Å². The first-order chi connectivity index (χ1) is 16.4. The molecule has 0 saturated heterocycles. The largest absolute Gasteiger partial charge is 0.578 e. The number of rotatable bonds is 6. The molecule has 176 valence electrons. The van der Waals surface area contributed by atoms with Crippen LogP contribution < -0.4 is 5.73 Å². The van der Waals surface area contributed by atoms with Gasteiger partial charge in [-0.2, -0.15) is 9.78 Å². The summed E-state index contributed by atoms with van der Waals surface area (Å²) in [6.45, 7) is 4.95. The van der Waals surface area contributed by atoms with Gasteiger partial charge in [0.15, 0.2) is 0 Å². The standard InChI is InChI=1S/C24H28N8O2/c1-3-31(4-2)23(34)32-15-18(14-29-32)20(33)30-21(25)24(10-5-11-24)19-8-6-16(7-9-19)17-12-27-22(26)28-13-17/h6-9,12-15H,3-5,10-11H2,1-2H3,(H2,25,30,33)(H2,26,27,28)/p+1. The van der Waals surface area contributed by atoms with Crippen molar-refractivity contribution in [3.05, 3.63) is 60.2 Å². The van der Waals surface area contributed by atoms with Crippen LogP contribution >= 0.6 is 0 Å². The number of hydrogen-bond acceptors (Lipinski definition) is 6. The number of amides is 1. The summed E-state index contributed by atoms with van der Waals surface area (Å²) in [5, 5.41) is 21.2. The molecule has 0 atom stereocenters. The zero-order valence-electron chi connectivity index (χ0n) is 19.3. The molecule has 10 heteroatoms. The predicted octanol–water partition coefficient (Wildman–Crippen LogP) is 2.80. The number of carbonyl (C=O) groups excluding carboxylic acids is 1. The molecular formula is C24H29N8O2+. The minimum absolute atomic E-state index is 0.0782. The van der Waals surface area contributed by atoms with Gasteiger partial charge in [0.25, 0.3) is 0 Å². The van der Waals surface area contributed by atoms with Gasteiger partial charge in [0.05, 0.1) is 17.8 Å². The molecule has 1 aliphatic carbocycles. The number of carbonyl (C=O) groups is 1. The molecule has 0 bridgehead atoms. The van der Waals surface area contributed by atoms with Gasteiger partial charge in [-0.1, -0.05) is 30.7 Å². The first-order valence-corrected chi connectivity index (χ1v) is 11.3. The van der Waals surface area contributed by atoms with Gasteiger partial charge in [-0.25, -0.2) is 14.8 Å². The number of benzene rings is 1. The maximum absolute atomic E-state index is 12.5. The lowest BCUT2D eigenvalue weighted by molar-refractivity contribution is 0.201. The monoisotopic (exact) mass is 461 g/mol. The van der Waals surface area contributed by atoms with E-state index in [1.807, 2.05) is 38.1 Å². The van der Waals surface area contributed by atoms with Gasteiger partial charge in [0, 0.05) is 31.0 Å². The molecular weight excluding hydrogens is 432 g/mol. The van der Waals surface area contributed by atoms with Gasteiger partial charge in [-0.15, -0.1) is 4.99 Å². The highest BCUT2D eigenvalue weighted by Crippen LogP contribution is 2.45. The molecule has 0 radical (unpaired) electrons. The molecule has 0 unspecified atom stereocenters. The van der Waals surface area contributed by atoms with Crippen LogP contribution in [0, 0.1) is 5.41 Å². The molecule has 4 rings (SSSR count). The Bertz CT molecular complexity index is 1210. The highest BCUT2D eigenvalue weighted by molar-refractivity contribution is 6.05. The number of hydrogen-bond donors (Lipinski definition) is 2. The van der Waals surface area contributed by atoms with Crippen LogP contribution in [0.2, 0.25) is 0 Å². The number of aromatic nitrogens is 4. The molecule has 2 heterocycles. The smallest absolute Gasteiger partial charge is 0.369 e. The molecule has 1 fully saturated rings. The lowest BCUT2D eigenvalue weighted by Gasteiger charge is -2.41. The average Bonchev–Trinajstić information content (AvgIpc) is 3.31. The van der Waals surface area contributed by atoms with Crippen molar-refractivity contribution in [2.75, 3.05) is 18.8 Å². The molecule has 10 nitrogen and oxygen atoms in total. The van der Waals surface area contributed by atoms with Crippen molar-refractivity contribution in [2.24, 2.45) is 4.99 Å². The molecule has 34 heavy (non-hydrogen) atoms. The summed E-state index contributed by atoms with van der Waals surface area (Å²) < 4.78 is 1.22. The van der Waals surface area contributed by atoms with Crippen LogP contribution in [-0.2, 0) is 5.41 Å². The molecule has 0 spiro atoms. The summed E-state index contributed by atoms with van der Waals surface area (Å²) in [5.41, 5.74) is 8.27. The number of aliphatic imine (C=N–C) groups is 1. The molecule has 1 saturated carbocycles. The zero-order chi connectivity index (χ0) is 24.3. The van der Waals surface area contributed by atoms with E-state index in [4.69, 9.17) is 16.2 Å². The first kappa shape index (κ1) is 23.1. The topological polar surface area (TPSA) is 149 Å². The van der Waals surface area contributed by atoms with Gasteiger partial charge >= 0.3 is 11.9 Å². The van der Waals surface area contributed by atoms with E-state index in [9.17, 15) is 4.79 Å². The molecule has 0 aliphatic heterocycles. The first-order valence-electron chi connectivity index (χ1n) is 11.3. The molecule has 2 aromatic heterocycles. The second kappa shape index (κ2) is 9.42. The highest BCUT2D eigenvalue weighted by Gasteiger charge is 2.43. The Hall–Kier alpha value is -4.08. The SMILES string of the molecule is CCN(CC)C(=O)n1cc(C([OH2+])=NC(=N)C2(c3ccc(-c4cnc(N)nc4)cc3)CCC2)cn1. The average molecular weight is 462 g/mol. The molecule has 1 aromatic carbocycles. The molecule has 5 N–H and O–H groups in total. The van der Waals surface area contributed by atoms with Gasteiger partial charge < -0.3 is 15.7 Å². The van der Waals surface area contributed by atoms with E-state index >= 15 is 0 Å². The summed E-state index contributed by atoms with van der Waals surface area (Å²) in [6, 6.07) is 7.71. The summed E-state index contributed by atoms with van der Waals surface area (Å²) in [7, 11) is 0. The molecule has 1 aliphatic rings. The Morgan fingerprint density at radius 3 is 2.35 bits per heavy atom. The highest BCUT2D eigenvalue weighted by atomic mass is 16.3. The number of nitrogens with two attached hydrogens (primary N) is 1. The quantitative estimate of drug-likeness (QED) is 0.329. The maximum Gasteiger partial charge on any atom is 0.369 e. The predicted molar refractivity (Wildman–Crippen MR) is 131 cm³/mol. The van der Waals surface area contributed by atoms with E-state index in [1.54, 1.807) is 17.3 Å². The lowest BCUT2D eigenvalue weighted by Crippen LogP contribution is -2.41. The Morgan fingerprint density at radius 2 is 1.79 bits per heavy atom. The second-order valence-corrected chi connectivity index (χ2v) is 8.28. The van der Waals surface area contributed by atoms with Gasteiger partial charge in [-0.3, -0.25) is 5.41 Å². The van der Waals surface area contributed by atoms with E-state index in [1.165, 1.54) is 17.1 Å². The van der Waals surface area contributed by atoms with Crippen molar-refractivity contribution in [1.82, 2.24) is 24.6 Å². The molecule has 1 amide bonds. The number of nitrogens with one attached hydrogen (secondary N) is 1. The Balaban J connectivity index is 1.54. The minimum Gasteiger partial charge on any atom is -0.578 e.